The van der Waals surface area contributed by atoms with Gasteiger partial charge in [0.15, 0.2) is 0 Å². The van der Waals surface area contributed by atoms with E-state index in [0.29, 0.717) is 19.6 Å². The van der Waals surface area contributed by atoms with Crippen molar-refractivity contribution >= 4 is 12.0 Å². The maximum Gasteiger partial charge on any atom is 0.223 e. The van der Waals surface area contributed by atoms with E-state index >= 15 is 0 Å². The zero-order valence-electron chi connectivity index (χ0n) is 16.0. The molecule has 1 saturated heterocycles. The molecule has 0 unspecified atom stereocenters. The van der Waals surface area contributed by atoms with Crippen LogP contribution in [0.25, 0.3) is 6.08 Å². The van der Waals surface area contributed by atoms with E-state index < -0.39 is 0 Å². The van der Waals surface area contributed by atoms with Crippen molar-refractivity contribution < 1.29 is 9.53 Å². The van der Waals surface area contributed by atoms with Crippen molar-refractivity contribution in [2.75, 3.05) is 33.4 Å². The van der Waals surface area contributed by atoms with Gasteiger partial charge in [-0.25, -0.2) is 0 Å². The molecule has 0 spiro atoms. The summed E-state index contributed by atoms with van der Waals surface area (Å²) >= 11 is 0. The fraction of sp³-hybridized carbons (Fsp3) is 0.429. The molecule has 0 radical (unpaired) electrons. The molecular formula is C21H28N4O2. The molecule has 1 N–H and O–H groups in total. The number of carbonyl (C=O) groups is 1. The first-order valence-electron chi connectivity index (χ1n) is 9.38. The van der Waals surface area contributed by atoms with Crippen molar-refractivity contribution in [3.05, 3.63) is 59.9 Å². The number of hydrogen-bond donors (Lipinski definition) is 1. The number of aryl methyl sites for hydroxylation is 1. The molecule has 3 rings (SSSR count). The molecule has 1 aliphatic heterocycles. The lowest BCUT2D eigenvalue weighted by molar-refractivity contribution is -0.129. The number of amides is 1. The summed E-state index contributed by atoms with van der Waals surface area (Å²) in [5.41, 5.74) is 2.28. The second-order valence-electron chi connectivity index (χ2n) is 6.91. The number of carbonyl (C=O) groups excluding carboxylic acids is 1. The van der Waals surface area contributed by atoms with Crippen LogP contribution in [0, 0.1) is 5.92 Å². The van der Waals surface area contributed by atoms with Gasteiger partial charge in [-0.2, -0.15) is 5.10 Å². The van der Waals surface area contributed by atoms with E-state index in [4.69, 9.17) is 4.74 Å². The number of ether oxygens (including phenoxy) is 1. The fourth-order valence-electron chi connectivity index (χ4n) is 3.66. The van der Waals surface area contributed by atoms with Crippen LogP contribution in [0.15, 0.2) is 48.8 Å². The van der Waals surface area contributed by atoms with E-state index in [1.165, 1.54) is 5.56 Å². The third-order valence-electron chi connectivity index (χ3n) is 4.92. The summed E-state index contributed by atoms with van der Waals surface area (Å²) in [5.74, 6) is 0.413. The van der Waals surface area contributed by atoms with E-state index in [0.717, 1.165) is 18.7 Å². The lowest BCUT2D eigenvalue weighted by Gasteiger charge is -2.27. The van der Waals surface area contributed by atoms with Gasteiger partial charge in [0.05, 0.1) is 18.8 Å². The molecule has 144 valence electrons. The first-order chi connectivity index (χ1) is 13.2. The SMILES string of the molecule is COCCN1C(=O)C[C@@H](CNC/C=C/c2ccccc2)[C@@H]1c1cnn(C)c1. The van der Waals surface area contributed by atoms with Crippen LogP contribution < -0.4 is 5.32 Å². The van der Waals surface area contributed by atoms with Crippen LogP contribution in [0.2, 0.25) is 0 Å². The third kappa shape index (κ3) is 5.05. The maximum atomic E-state index is 12.6. The summed E-state index contributed by atoms with van der Waals surface area (Å²) < 4.78 is 6.98. The van der Waals surface area contributed by atoms with Gasteiger partial charge in [-0.15, -0.1) is 0 Å². The van der Waals surface area contributed by atoms with Gasteiger partial charge < -0.3 is 15.0 Å². The molecular weight excluding hydrogens is 340 g/mol. The van der Waals surface area contributed by atoms with Crippen LogP contribution in [0.3, 0.4) is 0 Å². The Bertz CT molecular complexity index is 757. The molecule has 1 aliphatic rings. The van der Waals surface area contributed by atoms with Crippen molar-refractivity contribution in [1.82, 2.24) is 20.0 Å². The summed E-state index contributed by atoms with van der Waals surface area (Å²) in [6.07, 6.45) is 8.65. The summed E-state index contributed by atoms with van der Waals surface area (Å²) in [5, 5.41) is 7.77. The van der Waals surface area contributed by atoms with Crippen LogP contribution in [-0.2, 0) is 16.6 Å². The number of benzene rings is 1. The number of aromatic nitrogens is 2. The second kappa shape index (κ2) is 9.48. The molecule has 2 atom stereocenters. The highest BCUT2D eigenvalue weighted by atomic mass is 16.5. The number of nitrogens with one attached hydrogen (secondary N) is 1. The molecule has 6 heteroatoms. The normalized spacial score (nSPS) is 20.1. The minimum Gasteiger partial charge on any atom is -0.383 e. The van der Waals surface area contributed by atoms with Crippen molar-refractivity contribution in [1.29, 1.82) is 0 Å². The molecule has 1 aromatic carbocycles. The molecule has 27 heavy (non-hydrogen) atoms. The average Bonchev–Trinajstić information content (AvgIpc) is 3.23. The lowest BCUT2D eigenvalue weighted by atomic mass is 9.95. The average molecular weight is 368 g/mol. The monoisotopic (exact) mass is 368 g/mol. The zero-order valence-corrected chi connectivity index (χ0v) is 16.0. The van der Waals surface area contributed by atoms with Gasteiger partial charge in [0.2, 0.25) is 5.91 Å². The Kier molecular flexibility index (Phi) is 6.79. The van der Waals surface area contributed by atoms with E-state index in [9.17, 15) is 4.79 Å². The third-order valence-corrected chi connectivity index (χ3v) is 4.92. The summed E-state index contributed by atoms with van der Waals surface area (Å²) in [6.45, 7) is 2.72. The first-order valence-corrected chi connectivity index (χ1v) is 9.38. The van der Waals surface area contributed by atoms with Crippen LogP contribution in [0.4, 0.5) is 0 Å². The zero-order chi connectivity index (χ0) is 19.1. The number of likely N-dealkylation sites (tertiary alicyclic amines) is 1. The summed E-state index contributed by atoms with van der Waals surface area (Å²) in [7, 11) is 3.57. The molecule has 1 fully saturated rings. The first kappa shape index (κ1) is 19.3. The molecule has 1 aromatic heterocycles. The Labute approximate surface area is 160 Å². The second-order valence-corrected chi connectivity index (χ2v) is 6.91. The Morgan fingerprint density at radius 1 is 1.33 bits per heavy atom. The van der Waals surface area contributed by atoms with Crippen LogP contribution >= 0.6 is 0 Å². The highest BCUT2D eigenvalue weighted by Gasteiger charge is 2.40. The van der Waals surface area contributed by atoms with Crippen molar-refractivity contribution in [3.8, 4) is 0 Å². The van der Waals surface area contributed by atoms with Gasteiger partial charge in [-0.05, 0) is 5.56 Å². The Morgan fingerprint density at radius 2 is 2.15 bits per heavy atom. The van der Waals surface area contributed by atoms with Gasteiger partial charge in [0.25, 0.3) is 0 Å². The van der Waals surface area contributed by atoms with Crippen LogP contribution in [0.1, 0.15) is 23.6 Å². The minimum absolute atomic E-state index is 0.0481. The quantitative estimate of drug-likeness (QED) is 0.690. The van der Waals surface area contributed by atoms with Crippen LogP contribution in [-0.4, -0.2) is 53.9 Å². The molecule has 0 bridgehead atoms. The molecule has 1 amide bonds. The largest absolute Gasteiger partial charge is 0.383 e. The Morgan fingerprint density at radius 3 is 2.85 bits per heavy atom. The maximum absolute atomic E-state index is 12.6. The van der Waals surface area contributed by atoms with Crippen molar-refractivity contribution in [2.24, 2.45) is 13.0 Å². The molecule has 2 aromatic rings. The summed E-state index contributed by atoms with van der Waals surface area (Å²) in [4.78, 5) is 14.5. The number of nitrogens with zero attached hydrogens (tertiary/aromatic N) is 3. The smallest absolute Gasteiger partial charge is 0.223 e. The van der Waals surface area contributed by atoms with Gasteiger partial charge in [-0.1, -0.05) is 42.5 Å². The number of rotatable bonds is 9. The van der Waals surface area contributed by atoms with E-state index in [1.54, 1.807) is 11.8 Å². The van der Waals surface area contributed by atoms with Crippen molar-refractivity contribution in [2.45, 2.75) is 12.5 Å². The minimum atomic E-state index is 0.0481. The number of methoxy groups -OCH3 is 1. The van der Waals surface area contributed by atoms with Gasteiger partial charge in [0.1, 0.15) is 0 Å². The van der Waals surface area contributed by atoms with Gasteiger partial charge in [0, 0.05) is 57.9 Å². The standard InChI is InChI=1S/C21H28N4O2/c1-24-16-19(15-23-24)21-18(13-20(26)25(21)11-12-27-2)14-22-10-6-9-17-7-4-3-5-8-17/h3-9,15-16,18,21-22H,10-14H2,1-2H3/b9-6+/t18-,21+/m0/s1. The predicted molar refractivity (Wildman–Crippen MR) is 106 cm³/mol. The highest BCUT2D eigenvalue weighted by Crippen LogP contribution is 2.37. The molecule has 0 aliphatic carbocycles. The highest BCUT2D eigenvalue weighted by molar-refractivity contribution is 5.79. The lowest BCUT2D eigenvalue weighted by Crippen LogP contribution is -2.33. The fourth-order valence-corrected chi connectivity index (χ4v) is 3.66. The Hall–Kier alpha value is -2.44. The van der Waals surface area contributed by atoms with E-state index in [1.807, 2.05) is 42.5 Å². The molecule has 6 nitrogen and oxygen atoms in total. The molecule has 0 saturated carbocycles. The Balaban J connectivity index is 1.60. The van der Waals surface area contributed by atoms with E-state index in [-0.39, 0.29) is 17.9 Å². The summed E-state index contributed by atoms with van der Waals surface area (Å²) in [6, 6.07) is 10.3. The van der Waals surface area contributed by atoms with Crippen LogP contribution in [0.5, 0.6) is 0 Å². The van der Waals surface area contributed by atoms with Crippen molar-refractivity contribution in [3.63, 3.8) is 0 Å². The van der Waals surface area contributed by atoms with E-state index in [2.05, 4.69) is 34.7 Å². The van der Waals surface area contributed by atoms with Gasteiger partial charge in [-0.3, -0.25) is 9.48 Å². The predicted octanol–water partition coefficient (Wildman–Crippen LogP) is 2.26. The molecule has 2 heterocycles. The topological polar surface area (TPSA) is 59.4 Å². The number of hydrogen-bond acceptors (Lipinski definition) is 4. The van der Waals surface area contributed by atoms with Gasteiger partial charge >= 0.3 is 0 Å².